The first-order valence-corrected chi connectivity index (χ1v) is 7.84. The first-order chi connectivity index (χ1) is 11.3. The van der Waals surface area contributed by atoms with Gasteiger partial charge < -0.3 is 13.9 Å². The molecule has 0 aromatic carbocycles. The number of nitrogens with one attached hydrogen (secondary N) is 1. The van der Waals surface area contributed by atoms with Crippen LogP contribution >= 0.6 is 0 Å². The summed E-state index contributed by atoms with van der Waals surface area (Å²) in [4.78, 5) is 23.6. The van der Waals surface area contributed by atoms with Crippen LogP contribution in [0.2, 0.25) is 0 Å². The molecule has 7 heteroatoms. The first kappa shape index (κ1) is 19.7. The molecule has 24 heavy (non-hydrogen) atoms. The minimum Gasteiger partial charge on any atom is -0.454 e. The van der Waals surface area contributed by atoms with E-state index in [4.69, 9.17) is 19.2 Å². The van der Waals surface area contributed by atoms with Gasteiger partial charge >= 0.3 is 5.97 Å². The van der Waals surface area contributed by atoms with E-state index in [1.54, 1.807) is 20.8 Å². The molecule has 0 aliphatic rings. The monoisotopic (exact) mass is 336 g/mol. The quantitative estimate of drug-likeness (QED) is 0.732. The van der Waals surface area contributed by atoms with Crippen molar-refractivity contribution in [1.29, 1.82) is 5.26 Å². The largest absolute Gasteiger partial charge is 0.454 e. The van der Waals surface area contributed by atoms with Crippen molar-refractivity contribution in [3.63, 3.8) is 0 Å². The van der Waals surface area contributed by atoms with Crippen LogP contribution < -0.4 is 5.32 Å². The van der Waals surface area contributed by atoms with Gasteiger partial charge in [0, 0.05) is 12.2 Å². The molecule has 0 bridgehead atoms. The fourth-order valence-corrected chi connectivity index (χ4v) is 1.81. The van der Waals surface area contributed by atoms with E-state index >= 15 is 0 Å². The molecule has 1 rings (SSSR count). The maximum Gasteiger partial charge on any atom is 0.335 e. The zero-order chi connectivity index (χ0) is 18.3. The van der Waals surface area contributed by atoms with Crippen LogP contribution in [0.5, 0.6) is 0 Å². The van der Waals surface area contributed by atoms with Gasteiger partial charge in [0.2, 0.25) is 5.88 Å². The molecule has 1 unspecified atom stereocenters. The fraction of sp³-hybridized carbons (Fsp3) is 0.588. The molecule has 0 fully saturated rings. The van der Waals surface area contributed by atoms with Crippen LogP contribution in [-0.2, 0) is 19.1 Å². The number of nitriles is 1. The van der Waals surface area contributed by atoms with E-state index in [-0.39, 0.29) is 11.4 Å². The third-order valence-electron chi connectivity index (χ3n) is 3.49. The van der Waals surface area contributed by atoms with Crippen LogP contribution in [0.4, 0.5) is 5.88 Å². The summed E-state index contributed by atoms with van der Waals surface area (Å²) in [6.45, 7) is 9.10. The van der Waals surface area contributed by atoms with Gasteiger partial charge in [-0.25, -0.2) is 4.79 Å². The number of ether oxygens (including phenoxy) is 2. The topological polar surface area (TPSA) is 102 Å². The normalized spacial score (nSPS) is 11.9. The van der Waals surface area contributed by atoms with Gasteiger partial charge in [-0.05, 0) is 33.1 Å². The van der Waals surface area contributed by atoms with E-state index in [1.165, 1.54) is 0 Å². The van der Waals surface area contributed by atoms with Crippen molar-refractivity contribution < 1.29 is 23.5 Å². The SMILES string of the molecule is Cc1oc(NC(=O)COC(=O)C(C)OCCC(C)C)c(C#N)c1C. The molecule has 0 spiro atoms. The Bertz CT molecular complexity index is 628. The Morgan fingerprint density at radius 1 is 1.29 bits per heavy atom. The number of anilines is 1. The van der Waals surface area contributed by atoms with Crippen LogP contribution in [0.15, 0.2) is 4.42 Å². The minimum absolute atomic E-state index is 0.0646. The Kier molecular flexibility index (Phi) is 7.46. The average molecular weight is 336 g/mol. The average Bonchev–Trinajstić information content (AvgIpc) is 2.78. The van der Waals surface area contributed by atoms with E-state index in [1.807, 2.05) is 6.07 Å². The van der Waals surface area contributed by atoms with Gasteiger partial charge in [0.15, 0.2) is 12.7 Å². The molecule has 0 aliphatic carbocycles. The fourth-order valence-electron chi connectivity index (χ4n) is 1.81. The molecule has 0 aliphatic heterocycles. The molecular formula is C17H24N2O5. The summed E-state index contributed by atoms with van der Waals surface area (Å²) in [6.07, 6.45) is 0.103. The van der Waals surface area contributed by atoms with Crippen LogP contribution in [0.1, 0.15) is 44.1 Å². The van der Waals surface area contributed by atoms with Gasteiger partial charge in [0.1, 0.15) is 17.4 Å². The van der Waals surface area contributed by atoms with E-state index in [0.717, 1.165) is 6.42 Å². The van der Waals surface area contributed by atoms with E-state index < -0.39 is 24.6 Å². The van der Waals surface area contributed by atoms with Crippen molar-refractivity contribution in [3.05, 3.63) is 16.9 Å². The highest BCUT2D eigenvalue weighted by atomic mass is 16.6. The zero-order valence-corrected chi connectivity index (χ0v) is 14.8. The van der Waals surface area contributed by atoms with Crippen LogP contribution in [0, 0.1) is 31.1 Å². The standard InChI is InChI=1S/C17H24N2O5/c1-10(2)6-7-22-13(5)17(21)23-9-15(20)19-16-14(8-18)11(3)12(4)24-16/h10,13H,6-7,9H2,1-5H3,(H,19,20). The van der Waals surface area contributed by atoms with Crippen molar-refractivity contribution >= 4 is 17.8 Å². The molecule has 1 amide bonds. The summed E-state index contributed by atoms with van der Waals surface area (Å²) in [6, 6.07) is 1.97. The molecule has 0 saturated heterocycles. The van der Waals surface area contributed by atoms with Crippen LogP contribution in [0.3, 0.4) is 0 Å². The van der Waals surface area contributed by atoms with Gasteiger partial charge in [-0.2, -0.15) is 5.26 Å². The molecular weight excluding hydrogens is 312 g/mol. The minimum atomic E-state index is -0.737. The highest BCUT2D eigenvalue weighted by Gasteiger charge is 2.19. The second-order valence-electron chi connectivity index (χ2n) is 5.95. The lowest BCUT2D eigenvalue weighted by molar-refractivity contribution is -0.158. The number of hydrogen-bond donors (Lipinski definition) is 1. The molecule has 1 N–H and O–H groups in total. The third-order valence-corrected chi connectivity index (χ3v) is 3.49. The Labute approximate surface area is 141 Å². The lowest BCUT2D eigenvalue weighted by Gasteiger charge is -2.13. The van der Waals surface area contributed by atoms with Gasteiger partial charge in [0.25, 0.3) is 5.91 Å². The zero-order valence-electron chi connectivity index (χ0n) is 14.8. The number of rotatable bonds is 8. The van der Waals surface area contributed by atoms with E-state index in [2.05, 4.69) is 19.2 Å². The second-order valence-corrected chi connectivity index (χ2v) is 5.95. The Hall–Kier alpha value is -2.33. The molecule has 1 atom stereocenters. The molecule has 1 heterocycles. The Morgan fingerprint density at radius 2 is 1.96 bits per heavy atom. The molecule has 0 radical (unpaired) electrons. The molecule has 1 aromatic heterocycles. The van der Waals surface area contributed by atoms with Crippen molar-refractivity contribution in [1.82, 2.24) is 0 Å². The highest BCUT2D eigenvalue weighted by Crippen LogP contribution is 2.25. The van der Waals surface area contributed by atoms with Crippen molar-refractivity contribution in [2.75, 3.05) is 18.5 Å². The predicted molar refractivity (Wildman–Crippen MR) is 87.4 cm³/mol. The molecule has 1 aromatic rings. The predicted octanol–water partition coefficient (Wildman–Crippen LogP) is 2.70. The Morgan fingerprint density at radius 3 is 2.54 bits per heavy atom. The van der Waals surface area contributed by atoms with E-state index in [9.17, 15) is 9.59 Å². The van der Waals surface area contributed by atoms with Crippen molar-refractivity contribution in [2.24, 2.45) is 5.92 Å². The van der Waals surface area contributed by atoms with Gasteiger partial charge in [-0.1, -0.05) is 13.8 Å². The summed E-state index contributed by atoms with van der Waals surface area (Å²) in [7, 11) is 0. The summed E-state index contributed by atoms with van der Waals surface area (Å²) in [5.74, 6) is -0.0986. The van der Waals surface area contributed by atoms with E-state index in [0.29, 0.717) is 23.8 Å². The number of esters is 1. The van der Waals surface area contributed by atoms with Crippen molar-refractivity contribution in [3.8, 4) is 6.07 Å². The number of furan rings is 1. The summed E-state index contributed by atoms with van der Waals surface area (Å²) in [5.41, 5.74) is 0.925. The summed E-state index contributed by atoms with van der Waals surface area (Å²) >= 11 is 0. The van der Waals surface area contributed by atoms with Crippen LogP contribution in [0.25, 0.3) is 0 Å². The number of nitrogens with zero attached hydrogens (tertiary/aromatic N) is 1. The number of carbonyl (C=O) groups excluding carboxylic acids is 2. The Balaban J connectivity index is 2.45. The molecule has 0 saturated carbocycles. The maximum absolute atomic E-state index is 11.8. The smallest absolute Gasteiger partial charge is 0.335 e. The maximum atomic E-state index is 11.8. The number of aryl methyl sites for hydroxylation is 1. The summed E-state index contributed by atoms with van der Waals surface area (Å²) < 4.78 is 15.6. The van der Waals surface area contributed by atoms with Gasteiger partial charge in [0.05, 0.1) is 0 Å². The van der Waals surface area contributed by atoms with Gasteiger partial charge in [-0.15, -0.1) is 0 Å². The molecule has 7 nitrogen and oxygen atoms in total. The third kappa shape index (κ3) is 5.70. The first-order valence-electron chi connectivity index (χ1n) is 7.84. The van der Waals surface area contributed by atoms with Crippen LogP contribution in [-0.4, -0.2) is 31.2 Å². The number of hydrogen-bond acceptors (Lipinski definition) is 6. The lowest BCUT2D eigenvalue weighted by Crippen LogP contribution is -2.28. The second kappa shape index (κ2) is 9.08. The van der Waals surface area contributed by atoms with Gasteiger partial charge in [-0.3, -0.25) is 10.1 Å². The summed E-state index contributed by atoms with van der Waals surface area (Å²) in [5, 5.41) is 11.5. The number of carbonyl (C=O) groups is 2. The van der Waals surface area contributed by atoms with Crippen molar-refractivity contribution in [2.45, 2.75) is 47.1 Å². The number of amides is 1. The molecule has 132 valence electrons. The highest BCUT2D eigenvalue weighted by molar-refractivity contribution is 5.93. The lowest BCUT2D eigenvalue weighted by atomic mass is 10.1.